The van der Waals surface area contributed by atoms with Crippen molar-refractivity contribution < 1.29 is 122 Å². The van der Waals surface area contributed by atoms with Crippen molar-refractivity contribution in [1.29, 1.82) is 0 Å². The van der Waals surface area contributed by atoms with Crippen molar-refractivity contribution in [1.82, 2.24) is 19.9 Å². The van der Waals surface area contributed by atoms with Gasteiger partial charge in [0, 0.05) is 22.3 Å². The zero-order valence-corrected chi connectivity index (χ0v) is 40.4. The molecular weight excluding hydrogens is 1210 g/mol. The van der Waals surface area contributed by atoms with Crippen LogP contribution in [0.2, 0.25) is 0 Å². The van der Waals surface area contributed by atoms with Gasteiger partial charge in [-0.3, -0.25) is 0 Å². The Morgan fingerprint density at radius 3 is 0.613 bits per heavy atom. The van der Waals surface area contributed by atoms with Crippen LogP contribution in [-0.4, -0.2) is 71.8 Å². The van der Waals surface area contributed by atoms with Crippen molar-refractivity contribution in [2.24, 2.45) is 0 Å². The number of hydrogen-bond donors (Lipinski definition) is 2. The van der Waals surface area contributed by atoms with Crippen LogP contribution in [0.25, 0.3) is 89.9 Å². The molecule has 5 heterocycles. The van der Waals surface area contributed by atoms with Crippen molar-refractivity contribution in [3.8, 4) is 44.5 Å². The molecule has 0 amide bonds. The highest BCUT2D eigenvalue weighted by atomic mass is 32.2. The van der Waals surface area contributed by atoms with Crippen LogP contribution in [0.5, 0.6) is 0 Å². The highest BCUT2D eigenvalue weighted by Gasteiger charge is 2.39. The fraction of sp³-hybridized carbons (Fsp3) is 0. The summed E-state index contributed by atoms with van der Waals surface area (Å²) in [4.78, 5) is 0.101. The molecule has 8 bridgehead atoms. The summed E-state index contributed by atoms with van der Waals surface area (Å²) in [7, 11) is -25.3. The molecule has 0 saturated carbocycles. The Kier molecular flexibility index (Phi) is 13.3. The van der Waals surface area contributed by atoms with Gasteiger partial charge in [0.2, 0.25) is 0 Å². The first-order valence-corrected chi connectivity index (χ1v) is 26.0. The van der Waals surface area contributed by atoms with E-state index in [9.17, 15) is 51.9 Å². The van der Waals surface area contributed by atoms with Gasteiger partial charge in [0.15, 0.2) is 69.8 Å². The van der Waals surface area contributed by atoms with Gasteiger partial charge in [-0.1, -0.05) is 0 Å². The largest absolute Gasteiger partial charge is 0.744 e. The highest BCUT2D eigenvalue weighted by molar-refractivity contribution is 7.86. The molecule has 4 aromatic carbocycles. The second kappa shape index (κ2) is 18.8. The smallest absolute Gasteiger partial charge is 0.187 e. The minimum absolute atomic E-state index is 0.192. The van der Waals surface area contributed by atoms with Gasteiger partial charge in [-0.15, -0.1) is 0 Å². The third-order valence-corrected chi connectivity index (χ3v) is 15.1. The molecule has 0 radical (unpaired) electrons. The van der Waals surface area contributed by atoms with E-state index in [4.69, 9.17) is 0 Å². The summed E-state index contributed by atoms with van der Waals surface area (Å²) in [6, 6.07) is -1.68. The Balaban J connectivity index is 1.75. The van der Waals surface area contributed by atoms with Crippen LogP contribution in [0.15, 0.2) is 68.1 Å². The molecule has 7 aromatic rings. The van der Waals surface area contributed by atoms with E-state index in [2.05, 4.69) is 9.97 Å². The summed E-state index contributed by atoms with van der Waals surface area (Å²) in [6.07, 6.45) is 0. The van der Waals surface area contributed by atoms with Gasteiger partial charge in [-0.25, -0.2) is 114 Å². The number of halogens is 16. The number of rotatable bonds is 8. The van der Waals surface area contributed by atoms with Crippen molar-refractivity contribution in [3.05, 3.63) is 141 Å². The van der Waals surface area contributed by atoms with Gasteiger partial charge in [0.25, 0.3) is 0 Å². The maximum absolute atomic E-state index is 17.0. The molecular formula is C44H10F16N4O12S4-4. The zero-order valence-electron chi connectivity index (χ0n) is 37.1. The van der Waals surface area contributed by atoms with E-state index < -0.39 is 243 Å². The first-order chi connectivity index (χ1) is 36.9. The molecule has 2 aliphatic rings. The number of fused-ring (bicyclic) bond motifs is 8. The van der Waals surface area contributed by atoms with Crippen LogP contribution in [0.3, 0.4) is 0 Å². The van der Waals surface area contributed by atoms with Crippen LogP contribution in [0.4, 0.5) is 70.2 Å². The Morgan fingerprint density at radius 2 is 0.450 bits per heavy atom. The van der Waals surface area contributed by atoms with E-state index in [0.717, 1.165) is 0 Å². The van der Waals surface area contributed by atoms with E-state index in [1.807, 2.05) is 0 Å². The van der Waals surface area contributed by atoms with Crippen LogP contribution in [0, 0.1) is 69.8 Å². The molecule has 0 atom stereocenters. The normalized spacial score (nSPS) is 13.6. The van der Waals surface area contributed by atoms with Gasteiger partial charge < -0.3 is 28.2 Å². The van der Waals surface area contributed by atoms with Crippen molar-refractivity contribution >= 4 is 85.8 Å². The van der Waals surface area contributed by atoms with Crippen molar-refractivity contribution in [3.63, 3.8) is 0 Å². The average molecular weight is 1220 g/mol. The standard InChI is InChI=1S/C44H14F16N4O12S4/c45-9-1-5-13(77(65,66)67)25(49)17(9)21-37-29(53)31(55)39(61-37)22(18-10(46)2-6-14(26(18)50)78(68,69)70)41-33(57)35(59)43(63-41)24(20-12(48)4-8-16(28(20)52)80(74,75)76)44-36(60)34(58)42(64-44)23(40-32(56)30(54)38(21)62-40)19-11(47)3-7-15(27(19)51)79(71,72)73/h1-8,61,64H,(H,65,66,67)(H,68,69,70)(H,71,72,73)(H,74,75,76)/p-4. The van der Waals surface area contributed by atoms with E-state index in [1.54, 1.807) is 0 Å². The van der Waals surface area contributed by atoms with Gasteiger partial charge in [-0.2, -0.15) is 0 Å². The Hall–Kier alpha value is -8.00. The SMILES string of the molecule is O=S(=O)([O-])c1ccc(F)c(-c2c3nc(c(-c4c(F)ccc(S(=O)(=O)[O-])c4F)c4[nH]c(c(F)c4F)c(-c4c(F)ccc(S(=O)(=O)[O-])c4F)c4nc(c(-c5c(F)ccc(S(=O)(=O)[O-])c5F)c5[nH]c2c(F)c5F)C(F)=C4F)C(F)=C3F)c1F. The second-order valence-corrected chi connectivity index (χ2v) is 21.5. The number of aromatic nitrogens is 4. The minimum atomic E-state index is -6.32. The molecule has 0 spiro atoms. The lowest BCUT2D eigenvalue weighted by molar-refractivity contribution is 0.451. The fourth-order valence-corrected chi connectivity index (χ4v) is 10.6. The van der Waals surface area contributed by atoms with Crippen molar-refractivity contribution in [2.45, 2.75) is 19.6 Å². The van der Waals surface area contributed by atoms with Crippen LogP contribution in [0.1, 0.15) is 22.8 Å². The summed E-state index contributed by atoms with van der Waals surface area (Å²) >= 11 is 0. The number of H-pyrrole nitrogens is 2. The highest BCUT2D eigenvalue weighted by Crippen LogP contribution is 2.51. The summed E-state index contributed by atoms with van der Waals surface area (Å²) < 4.78 is 413. The maximum atomic E-state index is 17.0. The number of nitrogens with one attached hydrogen (secondary N) is 2. The third-order valence-electron chi connectivity index (χ3n) is 11.7. The summed E-state index contributed by atoms with van der Waals surface area (Å²) in [5, 5.41) is 0. The quantitative estimate of drug-likeness (QED) is 0.106. The molecule has 0 fully saturated rings. The molecule has 0 aliphatic carbocycles. The molecule has 2 aliphatic heterocycles. The minimum Gasteiger partial charge on any atom is -0.744 e. The lowest BCUT2D eigenvalue weighted by Crippen LogP contribution is -2.06. The number of benzene rings is 4. The predicted molar refractivity (Wildman–Crippen MR) is 232 cm³/mol. The monoisotopic (exact) mass is 1220 g/mol. The van der Waals surface area contributed by atoms with Crippen LogP contribution in [-0.2, 0) is 40.5 Å². The molecule has 0 unspecified atom stereocenters. The van der Waals surface area contributed by atoms with E-state index in [0.29, 0.717) is 0 Å². The van der Waals surface area contributed by atoms with E-state index in [-0.39, 0.29) is 48.5 Å². The van der Waals surface area contributed by atoms with Gasteiger partial charge in [-0.05, 0) is 48.5 Å². The topological polar surface area (TPSA) is 286 Å². The first-order valence-electron chi connectivity index (χ1n) is 20.4. The second-order valence-electron chi connectivity index (χ2n) is 16.1. The Labute approximate surface area is 431 Å². The number of aromatic amines is 2. The lowest BCUT2D eigenvalue weighted by atomic mass is 10.0. The maximum Gasteiger partial charge on any atom is 0.187 e. The Morgan fingerprint density at radius 1 is 0.275 bits per heavy atom. The summed E-state index contributed by atoms with van der Waals surface area (Å²) in [5.74, 6) is -44.8. The molecule has 9 rings (SSSR count). The van der Waals surface area contributed by atoms with Crippen LogP contribution >= 0.6 is 0 Å². The fourth-order valence-electron chi connectivity index (χ4n) is 8.37. The number of hydrogen-bond acceptors (Lipinski definition) is 14. The zero-order chi connectivity index (χ0) is 59.3. The van der Waals surface area contributed by atoms with E-state index in [1.165, 1.54) is 9.97 Å². The predicted octanol–water partition coefficient (Wildman–Crippen LogP) is 9.80. The summed E-state index contributed by atoms with van der Waals surface area (Å²) in [6.45, 7) is 0. The molecule has 0 saturated heterocycles. The van der Waals surface area contributed by atoms with E-state index >= 15 is 70.2 Å². The lowest BCUT2D eigenvalue weighted by Gasteiger charge is -2.14. The summed E-state index contributed by atoms with van der Waals surface area (Å²) in [5.41, 5.74) is -38.5. The van der Waals surface area contributed by atoms with Gasteiger partial charge in [0.1, 0.15) is 86.5 Å². The third kappa shape index (κ3) is 8.68. The van der Waals surface area contributed by atoms with Gasteiger partial charge >= 0.3 is 0 Å². The molecule has 36 heteroatoms. The molecule has 16 nitrogen and oxygen atoms in total. The number of nitrogens with zero attached hydrogens (tertiary/aromatic N) is 2. The first kappa shape index (κ1) is 56.7. The van der Waals surface area contributed by atoms with Crippen molar-refractivity contribution in [2.75, 3.05) is 0 Å². The molecule has 418 valence electrons. The van der Waals surface area contributed by atoms with Crippen LogP contribution < -0.4 is 0 Å². The average Bonchev–Trinajstić information content (AvgIpc) is 4.08. The molecule has 2 N–H and O–H groups in total. The molecule has 3 aromatic heterocycles. The molecule has 80 heavy (non-hydrogen) atoms. The van der Waals surface area contributed by atoms with Gasteiger partial charge in [0.05, 0.1) is 63.9 Å². The Bertz CT molecular complexity index is 4210.